The highest BCUT2D eigenvalue weighted by atomic mass is 16.6. The van der Waals surface area contributed by atoms with Crippen LogP contribution in [0.15, 0.2) is 60.7 Å². The molecule has 0 N–H and O–H groups in total. The first-order valence-electron chi connectivity index (χ1n) is 10.9. The Morgan fingerprint density at radius 3 is 2.09 bits per heavy atom. The van der Waals surface area contributed by atoms with Crippen molar-refractivity contribution in [3.8, 4) is 5.75 Å². The topological polar surface area (TPSA) is 71.1 Å². The molecular weight excluding hydrogens is 408 g/mol. The van der Waals surface area contributed by atoms with Gasteiger partial charge in [-0.3, -0.25) is 9.59 Å². The number of para-hydroxylation sites is 1. The second-order valence-electron chi connectivity index (χ2n) is 8.80. The van der Waals surface area contributed by atoms with Crippen LogP contribution in [0.2, 0.25) is 0 Å². The van der Waals surface area contributed by atoms with E-state index in [1.807, 2.05) is 67.6 Å². The first-order valence-corrected chi connectivity index (χ1v) is 10.9. The fourth-order valence-corrected chi connectivity index (χ4v) is 2.90. The van der Waals surface area contributed by atoms with Crippen molar-refractivity contribution < 1.29 is 28.5 Å². The summed E-state index contributed by atoms with van der Waals surface area (Å²) in [6.07, 6.45) is -1.15. The SMILES string of the molecule is C[C@H](CC(=O)OC(C)(C)C)C(=O)O[C@H](COCc1ccccc1)[C@H](C)Oc1ccccc1. The molecule has 0 amide bonds. The number of hydrogen-bond donors (Lipinski definition) is 0. The minimum atomic E-state index is -0.648. The normalized spacial score (nSPS) is 14.2. The minimum Gasteiger partial charge on any atom is -0.487 e. The lowest BCUT2D eigenvalue weighted by molar-refractivity contribution is -0.168. The Kier molecular flexibility index (Phi) is 9.72. The average Bonchev–Trinajstić information content (AvgIpc) is 2.73. The van der Waals surface area contributed by atoms with Crippen molar-refractivity contribution in [1.29, 1.82) is 0 Å². The average molecular weight is 443 g/mol. The van der Waals surface area contributed by atoms with Crippen molar-refractivity contribution in [2.24, 2.45) is 5.92 Å². The summed E-state index contributed by atoms with van der Waals surface area (Å²) in [5.41, 5.74) is 0.416. The molecule has 0 spiro atoms. The smallest absolute Gasteiger partial charge is 0.309 e. The van der Waals surface area contributed by atoms with Crippen molar-refractivity contribution in [3.63, 3.8) is 0 Å². The number of benzene rings is 2. The van der Waals surface area contributed by atoms with Gasteiger partial charge in [0.1, 0.15) is 17.5 Å². The van der Waals surface area contributed by atoms with Crippen LogP contribution in [0.5, 0.6) is 5.75 Å². The van der Waals surface area contributed by atoms with Crippen molar-refractivity contribution in [2.75, 3.05) is 6.61 Å². The van der Waals surface area contributed by atoms with Gasteiger partial charge in [-0.05, 0) is 45.4 Å². The van der Waals surface area contributed by atoms with E-state index in [2.05, 4.69) is 0 Å². The summed E-state index contributed by atoms with van der Waals surface area (Å²) in [4.78, 5) is 24.8. The first-order chi connectivity index (χ1) is 15.1. The van der Waals surface area contributed by atoms with Gasteiger partial charge in [0.15, 0.2) is 6.10 Å². The summed E-state index contributed by atoms with van der Waals surface area (Å²) in [5.74, 6) is -0.906. The molecule has 6 nitrogen and oxygen atoms in total. The summed E-state index contributed by atoms with van der Waals surface area (Å²) in [5, 5.41) is 0. The van der Waals surface area contributed by atoms with Crippen molar-refractivity contribution in [1.82, 2.24) is 0 Å². The van der Waals surface area contributed by atoms with Gasteiger partial charge in [-0.1, -0.05) is 55.5 Å². The molecule has 0 radical (unpaired) electrons. The maximum atomic E-state index is 12.7. The second kappa shape index (κ2) is 12.2. The molecule has 3 atom stereocenters. The summed E-state index contributed by atoms with van der Waals surface area (Å²) >= 11 is 0. The number of carbonyl (C=O) groups is 2. The lowest BCUT2D eigenvalue weighted by Crippen LogP contribution is -2.39. The Morgan fingerprint density at radius 2 is 1.50 bits per heavy atom. The number of hydrogen-bond acceptors (Lipinski definition) is 6. The van der Waals surface area contributed by atoms with Gasteiger partial charge in [0.2, 0.25) is 0 Å². The van der Waals surface area contributed by atoms with E-state index < -0.39 is 35.7 Å². The van der Waals surface area contributed by atoms with Gasteiger partial charge >= 0.3 is 11.9 Å². The molecule has 0 fully saturated rings. The molecular formula is C26H34O6. The molecule has 2 aromatic rings. The van der Waals surface area contributed by atoms with Crippen LogP contribution in [-0.2, 0) is 30.4 Å². The van der Waals surface area contributed by atoms with Crippen LogP contribution in [0.25, 0.3) is 0 Å². The number of ether oxygens (including phenoxy) is 4. The molecule has 2 aromatic carbocycles. The molecule has 2 rings (SSSR count). The lowest BCUT2D eigenvalue weighted by Gasteiger charge is -2.26. The van der Waals surface area contributed by atoms with Crippen LogP contribution in [0.4, 0.5) is 0 Å². The Hall–Kier alpha value is -2.86. The highest BCUT2D eigenvalue weighted by Crippen LogP contribution is 2.18. The molecule has 0 unspecified atom stereocenters. The standard InChI is InChI=1S/C26H34O6/c1-19(16-24(27)32-26(3,4)5)25(28)31-23(18-29-17-21-12-8-6-9-13-21)20(2)30-22-14-10-7-11-15-22/h6-15,19-20,23H,16-18H2,1-5H3/t19-,20+,23-/m1/s1. The fraction of sp³-hybridized carbons (Fsp3) is 0.462. The van der Waals surface area contributed by atoms with Gasteiger partial charge in [-0.25, -0.2) is 0 Å². The molecule has 6 heteroatoms. The zero-order chi connectivity index (χ0) is 23.6. The van der Waals surface area contributed by atoms with Crippen LogP contribution >= 0.6 is 0 Å². The molecule has 0 aromatic heterocycles. The Labute approximate surface area is 190 Å². The van der Waals surface area contributed by atoms with Gasteiger partial charge in [0, 0.05) is 0 Å². The van der Waals surface area contributed by atoms with Crippen LogP contribution < -0.4 is 4.74 Å². The monoisotopic (exact) mass is 442 g/mol. The largest absolute Gasteiger partial charge is 0.487 e. The lowest BCUT2D eigenvalue weighted by atomic mass is 10.1. The van der Waals surface area contributed by atoms with Gasteiger partial charge in [-0.15, -0.1) is 0 Å². The van der Waals surface area contributed by atoms with Crippen LogP contribution in [-0.4, -0.2) is 36.4 Å². The zero-order valence-corrected chi connectivity index (χ0v) is 19.6. The van der Waals surface area contributed by atoms with Gasteiger partial charge in [-0.2, -0.15) is 0 Å². The van der Waals surface area contributed by atoms with Crippen molar-refractivity contribution >= 4 is 11.9 Å². The Balaban J connectivity index is 1.98. The van der Waals surface area contributed by atoms with Crippen molar-refractivity contribution in [3.05, 3.63) is 66.2 Å². The molecule has 0 saturated carbocycles. The molecule has 0 aliphatic heterocycles. The van der Waals surface area contributed by atoms with E-state index >= 15 is 0 Å². The quantitative estimate of drug-likeness (QED) is 0.459. The zero-order valence-electron chi connectivity index (χ0n) is 19.6. The van der Waals surface area contributed by atoms with E-state index in [0.717, 1.165) is 5.56 Å². The van der Waals surface area contributed by atoms with E-state index in [1.165, 1.54) is 0 Å². The van der Waals surface area contributed by atoms with Crippen molar-refractivity contribution in [2.45, 2.75) is 65.5 Å². The highest BCUT2D eigenvalue weighted by Gasteiger charge is 2.29. The van der Waals surface area contributed by atoms with Gasteiger partial charge < -0.3 is 18.9 Å². The van der Waals surface area contributed by atoms with E-state index in [4.69, 9.17) is 18.9 Å². The molecule has 0 aliphatic carbocycles. The molecule has 0 bridgehead atoms. The predicted molar refractivity (Wildman–Crippen MR) is 122 cm³/mol. The summed E-state index contributed by atoms with van der Waals surface area (Å²) in [7, 11) is 0. The predicted octanol–water partition coefficient (Wildman–Crippen LogP) is 4.95. The number of esters is 2. The Bertz CT molecular complexity index is 828. The second-order valence-corrected chi connectivity index (χ2v) is 8.80. The fourth-order valence-electron chi connectivity index (χ4n) is 2.90. The number of rotatable bonds is 11. The Morgan fingerprint density at radius 1 is 0.906 bits per heavy atom. The highest BCUT2D eigenvalue weighted by molar-refractivity contribution is 5.79. The summed E-state index contributed by atoms with van der Waals surface area (Å²) < 4.78 is 22.8. The number of carbonyl (C=O) groups excluding carboxylic acids is 2. The van der Waals surface area contributed by atoms with Gasteiger partial charge in [0.05, 0.1) is 25.6 Å². The molecule has 0 saturated heterocycles. The van der Waals surface area contributed by atoms with Crippen LogP contribution in [0.3, 0.4) is 0 Å². The van der Waals surface area contributed by atoms with E-state index in [-0.39, 0.29) is 13.0 Å². The van der Waals surface area contributed by atoms with Crippen LogP contribution in [0, 0.1) is 5.92 Å². The molecule has 0 heterocycles. The van der Waals surface area contributed by atoms with Crippen LogP contribution in [0.1, 0.15) is 46.6 Å². The maximum Gasteiger partial charge on any atom is 0.309 e. The summed E-state index contributed by atoms with van der Waals surface area (Å²) in [6, 6.07) is 19.1. The molecule has 32 heavy (non-hydrogen) atoms. The first kappa shape index (κ1) is 25.4. The molecule has 0 aliphatic rings. The third-order valence-corrected chi connectivity index (χ3v) is 4.55. The minimum absolute atomic E-state index is 0.0539. The van der Waals surface area contributed by atoms with E-state index in [0.29, 0.717) is 12.4 Å². The maximum absolute atomic E-state index is 12.7. The summed E-state index contributed by atoms with van der Waals surface area (Å²) in [6.45, 7) is 9.39. The van der Waals surface area contributed by atoms with E-state index in [1.54, 1.807) is 27.7 Å². The molecule has 174 valence electrons. The van der Waals surface area contributed by atoms with E-state index in [9.17, 15) is 9.59 Å². The van der Waals surface area contributed by atoms with Gasteiger partial charge in [0.25, 0.3) is 0 Å². The third-order valence-electron chi connectivity index (χ3n) is 4.55. The third kappa shape index (κ3) is 9.52.